The molecule has 0 fully saturated rings. The lowest BCUT2D eigenvalue weighted by atomic mass is 10.2. The summed E-state index contributed by atoms with van der Waals surface area (Å²) in [7, 11) is 0. The second kappa shape index (κ2) is 9.43. The summed E-state index contributed by atoms with van der Waals surface area (Å²) in [4.78, 5) is 24.3. The van der Waals surface area contributed by atoms with Gasteiger partial charge in [0.25, 0.3) is 5.91 Å². The van der Waals surface area contributed by atoms with E-state index in [1.54, 1.807) is 30.3 Å². The Morgan fingerprint density at radius 2 is 1.86 bits per heavy atom. The molecule has 0 unspecified atom stereocenters. The van der Waals surface area contributed by atoms with Crippen LogP contribution in [0.5, 0.6) is 5.75 Å². The molecule has 1 aromatic heterocycles. The number of benzene rings is 2. The minimum Gasteiger partial charge on any atom is -0.478 e. The molecule has 0 aliphatic heterocycles. The average Bonchev–Trinajstić information content (AvgIpc) is 3.15. The zero-order valence-electron chi connectivity index (χ0n) is 14.8. The Morgan fingerprint density at radius 3 is 2.61 bits per heavy atom. The van der Waals surface area contributed by atoms with Crippen molar-refractivity contribution >= 4 is 39.9 Å². The molecule has 0 saturated carbocycles. The van der Waals surface area contributed by atoms with Crippen molar-refractivity contribution in [2.45, 2.75) is 17.4 Å². The van der Waals surface area contributed by atoms with Crippen molar-refractivity contribution < 1.29 is 18.7 Å². The Balaban J connectivity index is 1.51. The highest BCUT2D eigenvalue weighted by Crippen LogP contribution is 2.26. The first-order valence-electron chi connectivity index (χ1n) is 8.29. The van der Waals surface area contributed by atoms with Crippen LogP contribution >= 0.6 is 23.1 Å². The molecule has 144 valence electrons. The van der Waals surface area contributed by atoms with E-state index in [-0.39, 0.29) is 22.4 Å². The number of halogens is 1. The van der Waals surface area contributed by atoms with E-state index in [0.717, 1.165) is 11.3 Å². The van der Waals surface area contributed by atoms with E-state index in [0.29, 0.717) is 9.90 Å². The second-order valence-electron chi connectivity index (χ2n) is 5.63. The lowest BCUT2D eigenvalue weighted by molar-refractivity contribution is -0.122. The third-order valence-electron chi connectivity index (χ3n) is 3.57. The number of thioether (sulfide) groups is 1. The number of hydrogen-bond acceptors (Lipinski definition) is 7. The van der Waals surface area contributed by atoms with Gasteiger partial charge in [0, 0.05) is 5.56 Å². The van der Waals surface area contributed by atoms with Crippen molar-refractivity contribution in [3.8, 4) is 5.75 Å². The Hall–Kier alpha value is -2.78. The standard InChI is InChI=1S/C19H16FN3O3S2/c1-12(26-16-10-6-5-9-14(16)20)17(25)21-18-22-23-19(28-18)27-11-15(24)13-7-3-2-4-8-13/h2-10,12H,11H2,1H3,(H,21,22,25)/t12-/m0/s1. The van der Waals surface area contributed by atoms with E-state index in [1.807, 2.05) is 6.07 Å². The Bertz CT molecular complexity index is 966. The molecule has 0 radical (unpaired) electrons. The highest BCUT2D eigenvalue weighted by molar-refractivity contribution is 8.01. The quantitative estimate of drug-likeness (QED) is 0.338. The Labute approximate surface area is 169 Å². The number of amides is 1. The third kappa shape index (κ3) is 5.37. The number of para-hydroxylation sites is 1. The Morgan fingerprint density at radius 1 is 1.14 bits per heavy atom. The topological polar surface area (TPSA) is 81.2 Å². The molecule has 6 nitrogen and oxygen atoms in total. The summed E-state index contributed by atoms with van der Waals surface area (Å²) in [6.07, 6.45) is -0.920. The summed E-state index contributed by atoms with van der Waals surface area (Å²) < 4.78 is 19.5. The second-order valence-corrected chi connectivity index (χ2v) is 7.83. The fraction of sp³-hybridized carbons (Fsp3) is 0.158. The van der Waals surface area contributed by atoms with Crippen molar-refractivity contribution in [3.63, 3.8) is 0 Å². The number of nitrogens with one attached hydrogen (secondary N) is 1. The first kappa shape index (κ1) is 20.0. The van der Waals surface area contributed by atoms with Gasteiger partial charge < -0.3 is 4.74 Å². The van der Waals surface area contributed by atoms with Gasteiger partial charge >= 0.3 is 0 Å². The van der Waals surface area contributed by atoms with Crippen LogP contribution in [0.4, 0.5) is 9.52 Å². The van der Waals surface area contributed by atoms with Gasteiger partial charge in [0.2, 0.25) is 5.13 Å². The molecule has 0 saturated heterocycles. The number of anilines is 1. The van der Waals surface area contributed by atoms with E-state index in [2.05, 4.69) is 15.5 Å². The van der Waals surface area contributed by atoms with E-state index >= 15 is 0 Å². The zero-order chi connectivity index (χ0) is 19.9. The number of rotatable bonds is 8. The van der Waals surface area contributed by atoms with Gasteiger partial charge in [-0.1, -0.05) is 65.6 Å². The smallest absolute Gasteiger partial charge is 0.266 e. The monoisotopic (exact) mass is 417 g/mol. The predicted molar refractivity (Wildman–Crippen MR) is 107 cm³/mol. The van der Waals surface area contributed by atoms with Crippen LogP contribution in [0.2, 0.25) is 0 Å². The highest BCUT2D eigenvalue weighted by Gasteiger charge is 2.18. The van der Waals surface area contributed by atoms with Gasteiger partial charge in [0.15, 0.2) is 27.8 Å². The lowest BCUT2D eigenvalue weighted by Gasteiger charge is -2.13. The van der Waals surface area contributed by atoms with Gasteiger partial charge in [0.05, 0.1) is 5.75 Å². The van der Waals surface area contributed by atoms with E-state index in [1.165, 1.54) is 36.9 Å². The molecule has 1 amide bonds. The van der Waals surface area contributed by atoms with Crippen LogP contribution in [0.3, 0.4) is 0 Å². The highest BCUT2D eigenvalue weighted by atomic mass is 32.2. The van der Waals surface area contributed by atoms with Gasteiger partial charge in [0.1, 0.15) is 0 Å². The number of carbonyl (C=O) groups is 2. The molecule has 2 aromatic carbocycles. The van der Waals surface area contributed by atoms with E-state index in [9.17, 15) is 14.0 Å². The summed E-state index contributed by atoms with van der Waals surface area (Å²) in [5.41, 5.74) is 0.632. The number of hydrogen-bond donors (Lipinski definition) is 1. The number of ether oxygens (including phenoxy) is 1. The maximum atomic E-state index is 13.6. The van der Waals surface area contributed by atoms with Gasteiger partial charge in [-0.3, -0.25) is 14.9 Å². The van der Waals surface area contributed by atoms with Gasteiger partial charge in [-0.15, -0.1) is 10.2 Å². The molecule has 1 atom stereocenters. The fourth-order valence-corrected chi connectivity index (χ4v) is 3.79. The normalized spacial score (nSPS) is 11.6. The summed E-state index contributed by atoms with van der Waals surface area (Å²) >= 11 is 2.40. The van der Waals surface area contributed by atoms with Crippen LogP contribution in [0.15, 0.2) is 58.9 Å². The predicted octanol–water partition coefficient (Wildman–Crippen LogP) is 4.06. The summed E-state index contributed by atoms with van der Waals surface area (Å²) in [5.74, 6) is -0.813. The average molecular weight is 417 g/mol. The molecular weight excluding hydrogens is 401 g/mol. The molecule has 3 aromatic rings. The Kier molecular flexibility index (Phi) is 6.72. The largest absolute Gasteiger partial charge is 0.478 e. The summed E-state index contributed by atoms with van der Waals surface area (Å²) in [6.45, 7) is 1.51. The van der Waals surface area contributed by atoms with Crippen LogP contribution in [0.25, 0.3) is 0 Å². The van der Waals surface area contributed by atoms with E-state index in [4.69, 9.17) is 4.74 Å². The first-order valence-corrected chi connectivity index (χ1v) is 10.1. The molecule has 1 heterocycles. The maximum Gasteiger partial charge on any atom is 0.266 e. The van der Waals surface area contributed by atoms with Crippen molar-refractivity contribution in [2.75, 3.05) is 11.1 Å². The minimum atomic E-state index is -0.920. The lowest BCUT2D eigenvalue weighted by Crippen LogP contribution is -2.30. The first-order chi connectivity index (χ1) is 13.5. The molecule has 0 bridgehead atoms. The van der Waals surface area contributed by atoms with Crippen molar-refractivity contribution in [1.82, 2.24) is 10.2 Å². The molecule has 3 rings (SSSR count). The molecule has 9 heteroatoms. The van der Waals surface area contributed by atoms with Gasteiger partial charge in [-0.25, -0.2) is 4.39 Å². The van der Waals surface area contributed by atoms with Gasteiger partial charge in [-0.05, 0) is 19.1 Å². The van der Waals surface area contributed by atoms with Crippen molar-refractivity contribution in [1.29, 1.82) is 0 Å². The molecule has 0 spiro atoms. The summed E-state index contributed by atoms with van der Waals surface area (Å²) in [5, 5.41) is 10.7. The number of aromatic nitrogens is 2. The maximum absolute atomic E-state index is 13.6. The van der Waals surface area contributed by atoms with Crippen LogP contribution in [-0.4, -0.2) is 33.7 Å². The van der Waals surface area contributed by atoms with Gasteiger partial charge in [-0.2, -0.15) is 0 Å². The van der Waals surface area contributed by atoms with Crippen LogP contribution in [0.1, 0.15) is 17.3 Å². The van der Waals surface area contributed by atoms with Crippen LogP contribution in [-0.2, 0) is 4.79 Å². The van der Waals surface area contributed by atoms with E-state index < -0.39 is 17.8 Å². The number of nitrogens with zero attached hydrogens (tertiary/aromatic N) is 2. The van der Waals surface area contributed by atoms with Crippen LogP contribution in [0, 0.1) is 5.82 Å². The zero-order valence-corrected chi connectivity index (χ0v) is 16.4. The summed E-state index contributed by atoms with van der Waals surface area (Å²) in [6, 6.07) is 14.8. The molecule has 0 aliphatic rings. The third-order valence-corrected chi connectivity index (χ3v) is 5.54. The number of carbonyl (C=O) groups excluding carboxylic acids is 2. The molecular formula is C19H16FN3O3S2. The molecule has 28 heavy (non-hydrogen) atoms. The fourth-order valence-electron chi connectivity index (χ4n) is 2.14. The molecule has 0 aliphatic carbocycles. The minimum absolute atomic E-state index is 0.00178. The van der Waals surface area contributed by atoms with Crippen molar-refractivity contribution in [3.05, 3.63) is 66.0 Å². The van der Waals surface area contributed by atoms with Crippen molar-refractivity contribution in [2.24, 2.45) is 0 Å². The SMILES string of the molecule is C[C@H](Oc1ccccc1F)C(=O)Nc1nnc(SCC(=O)c2ccccc2)s1. The van der Waals surface area contributed by atoms with Crippen LogP contribution < -0.4 is 10.1 Å². The molecule has 1 N–H and O–H groups in total. The number of ketones is 1. The number of Topliss-reactive ketones (excluding diaryl/α,β-unsaturated/α-hetero) is 1.